The largest absolute Gasteiger partial charge is 0.478 e. The van der Waals surface area contributed by atoms with E-state index in [9.17, 15) is 4.79 Å². The maximum absolute atomic E-state index is 10.8. The van der Waals surface area contributed by atoms with Crippen LogP contribution in [-0.2, 0) is 16.0 Å². The quantitative estimate of drug-likeness (QED) is 0.873. The summed E-state index contributed by atoms with van der Waals surface area (Å²) in [5.74, 6) is -1.22. The van der Waals surface area contributed by atoms with Crippen molar-refractivity contribution < 1.29 is 19.4 Å². The van der Waals surface area contributed by atoms with Crippen LogP contribution in [0.15, 0.2) is 24.3 Å². The zero-order valence-corrected chi connectivity index (χ0v) is 13.4. The predicted molar refractivity (Wildman–Crippen MR) is 86.4 cm³/mol. The van der Waals surface area contributed by atoms with Gasteiger partial charge in [0.25, 0.3) is 0 Å². The van der Waals surface area contributed by atoms with Gasteiger partial charge in [0, 0.05) is 25.9 Å². The Bertz CT molecular complexity index is 520. The molecule has 0 bridgehead atoms. The van der Waals surface area contributed by atoms with E-state index < -0.39 is 5.97 Å². The Morgan fingerprint density at radius 3 is 2.52 bits per heavy atom. The lowest BCUT2D eigenvalue weighted by atomic mass is 10.1. The molecule has 1 heterocycles. The molecule has 0 amide bonds. The van der Waals surface area contributed by atoms with Gasteiger partial charge in [0.15, 0.2) is 5.79 Å². The number of hydrogen-bond acceptors (Lipinski definition) is 4. The van der Waals surface area contributed by atoms with Gasteiger partial charge in [0.1, 0.15) is 0 Å². The topological polar surface area (TPSA) is 67.8 Å². The summed E-state index contributed by atoms with van der Waals surface area (Å²) in [6.07, 6.45) is 7.08. The van der Waals surface area contributed by atoms with Gasteiger partial charge in [-0.1, -0.05) is 25.0 Å². The summed E-state index contributed by atoms with van der Waals surface area (Å²) in [6, 6.07) is 6.95. The van der Waals surface area contributed by atoms with Gasteiger partial charge < -0.3 is 19.9 Å². The Kier molecular flexibility index (Phi) is 5.30. The summed E-state index contributed by atoms with van der Waals surface area (Å²) in [5, 5.41) is 12.3. The number of aromatic carboxylic acids is 1. The highest BCUT2D eigenvalue weighted by Gasteiger charge is 2.41. The molecule has 1 aliphatic carbocycles. The van der Waals surface area contributed by atoms with E-state index in [1.54, 1.807) is 12.1 Å². The number of hydrogen-bond donors (Lipinski definition) is 2. The Balaban J connectivity index is 1.43. The standard InChI is InChI=1S/C18H25NO4/c20-17(21)15-7-5-14(6-8-15)11-19-12-16-13-22-18(23-16)9-3-1-2-4-10-18/h5-8,16,19H,1-4,9-13H2,(H,20,21). The van der Waals surface area contributed by atoms with Crippen LogP contribution in [0.4, 0.5) is 0 Å². The molecule has 1 saturated carbocycles. The van der Waals surface area contributed by atoms with Crippen molar-refractivity contribution in [1.29, 1.82) is 0 Å². The van der Waals surface area contributed by atoms with Crippen molar-refractivity contribution in [2.75, 3.05) is 13.2 Å². The fourth-order valence-electron chi connectivity index (χ4n) is 3.39. The van der Waals surface area contributed by atoms with Crippen molar-refractivity contribution >= 4 is 5.97 Å². The van der Waals surface area contributed by atoms with Crippen LogP contribution in [-0.4, -0.2) is 36.1 Å². The molecule has 2 N–H and O–H groups in total. The molecular formula is C18H25NO4. The number of benzene rings is 1. The summed E-state index contributed by atoms with van der Waals surface area (Å²) in [5.41, 5.74) is 1.38. The van der Waals surface area contributed by atoms with Gasteiger partial charge in [-0.25, -0.2) is 4.79 Å². The molecule has 3 rings (SSSR count). The third-order valence-corrected chi connectivity index (χ3v) is 4.68. The van der Waals surface area contributed by atoms with E-state index in [4.69, 9.17) is 14.6 Å². The SMILES string of the molecule is O=C(O)c1ccc(CNCC2COC3(CCCCCC3)O2)cc1. The third kappa shape index (κ3) is 4.31. The molecule has 1 aromatic carbocycles. The minimum atomic E-state index is -0.894. The molecule has 0 radical (unpaired) electrons. The molecule has 0 aromatic heterocycles. The summed E-state index contributed by atoms with van der Waals surface area (Å²) < 4.78 is 12.2. The van der Waals surface area contributed by atoms with Crippen molar-refractivity contribution in [2.45, 2.75) is 57.0 Å². The maximum atomic E-state index is 10.8. The molecule has 2 aliphatic rings. The van der Waals surface area contributed by atoms with E-state index in [0.717, 1.165) is 24.9 Å². The Labute approximate surface area is 137 Å². The molecule has 1 aliphatic heterocycles. The van der Waals surface area contributed by atoms with Crippen molar-refractivity contribution in [2.24, 2.45) is 0 Å². The fraction of sp³-hybridized carbons (Fsp3) is 0.611. The van der Waals surface area contributed by atoms with Gasteiger partial charge in [-0.15, -0.1) is 0 Å². The van der Waals surface area contributed by atoms with Crippen molar-refractivity contribution in [3.63, 3.8) is 0 Å². The molecule has 2 fully saturated rings. The second-order valence-electron chi connectivity index (χ2n) is 6.51. The molecule has 23 heavy (non-hydrogen) atoms. The first-order valence-corrected chi connectivity index (χ1v) is 8.52. The summed E-state index contributed by atoms with van der Waals surface area (Å²) in [4.78, 5) is 10.8. The highest BCUT2D eigenvalue weighted by Crippen LogP contribution is 2.36. The minimum absolute atomic E-state index is 0.103. The van der Waals surface area contributed by atoms with E-state index in [0.29, 0.717) is 18.7 Å². The van der Waals surface area contributed by atoms with E-state index in [-0.39, 0.29) is 11.9 Å². The minimum Gasteiger partial charge on any atom is -0.478 e. The van der Waals surface area contributed by atoms with E-state index >= 15 is 0 Å². The molecule has 1 atom stereocenters. The first-order chi connectivity index (χ1) is 11.2. The van der Waals surface area contributed by atoms with Crippen molar-refractivity contribution in [3.8, 4) is 0 Å². The Morgan fingerprint density at radius 1 is 1.17 bits per heavy atom. The predicted octanol–water partition coefficient (Wildman–Crippen LogP) is 2.94. The fourth-order valence-corrected chi connectivity index (χ4v) is 3.39. The molecular weight excluding hydrogens is 294 g/mol. The number of nitrogens with one attached hydrogen (secondary N) is 1. The van der Waals surface area contributed by atoms with E-state index in [1.807, 2.05) is 12.1 Å². The smallest absolute Gasteiger partial charge is 0.335 e. The zero-order valence-electron chi connectivity index (χ0n) is 13.4. The summed E-state index contributed by atoms with van der Waals surface area (Å²) in [7, 11) is 0. The lowest BCUT2D eigenvalue weighted by Gasteiger charge is -2.26. The third-order valence-electron chi connectivity index (χ3n) is 4.68. The molecule has 1 aromatic rings. The van der Waals surface area contributed by atoms with Crippen LogP contribution >= 0.6 is 0 Å². The molecule has 1 saturated heterocycles. The van der Waals surface area contributed by atoms with Gasteiger partial charge in [-0.2, -0.15) is 0 Å². The van der Waals surface area contributed by atoms with Crippen molar-refractivity contribution in [3.05, 3.63) is 35.4 Å². The van der Waals surface area contributed by atoms with Crippen LogP contribution in [0, 0.1) is 0 Å². The van der Waals surface area contributed by atoms with Gasteiger partial charge in [-0.05, 0) is 30.5 Å². The summed E-state index contributed by atoms with van der Waals surface area (Å²) in [6.45, 7) is 2.11. The van der Waals surface area contributed by atoms with E-state index in [1.165, 1.54) is 25.7 Å². The van der Waals surface area contributed by atoms with Gasteiger partial charge in [-0.3, -0.25) is 0 Å². The Hall–Kier alpha value is -1.43. The highest BCUT2D eigenvalue weighted by molar-refractivity contribution is 5.87. The highest BCUT2D eigenvalue weighted by atomic mass is 16.7. The second-order valence-corrected chi connectivity index (χ2v) is 6.51. The maximum Gasteiger partial charge on any atom is 0.335 e. The normalized spacial score (nSPS) is 23.7. The lowest BCUT2D eigenvalue weighted by molar-refractivity contribution is -0.175. The van der Waals surface area contributed by atoms with E-state index in [2.05, 4.69) is 5.32 Å². The van der Waals surface area contributed by atoms with Crippen LogP contribution in [0.1, 0.15) is 54.4 Å². The average Bonchev–Trinajstić information content (AvgIpc) is 2.79. The van der Waals surface area contributed by atoms with Crippen LogP contribution in [0.5, 0.6) is 0 Å². The monoisotopic (exact) mass is 319 g/mol. The first-order valence-electron chi connectivity index (χ1n) is 8.52. The number of carboxylic acids is 1. The number of carbonyl (C=O) groups is 1. The van der Waals surface area contributed by atoms with Crippen LogP contribution in [0.3, 0.4) is 0 Å². The molecule has 1 spiro atoms. The number of carboxylic acid groups (broad SMARTS) is 1. The zero-order chi connectivity index (χ0) is 16.1. The second kappa shape index (κ2) is 7.43. The van der Waals surface area contributed by atoms with Crippen LogP contribution in [0.25, 0.3) is 0 Å². The Morgan fingerprint density at radius 2 is 1.87 bits per heavy atom. The lowest BCUT2D eigenvalue weighted by Crippen LogP contribution is -2.33. The van der Waals surface area contributed by atoms with Crippen LogP contribution in [0.2, 0.25) is 0 Å². The van der Waals surface area contributed by atoms with Gasteiger partial charge in [0.05, 0.1) is 18.3 Å². The molecule has 5 nitrogen and oxygen atoms in total. The summed E-state index contributed by atoms with van der Waals surface area (Å²) >= 11 is 0. The number of ether oxygens (including phenoxy) is 2. The van der Waals surface area contributed by atoms with Crippen molar-refractivity contribution in [1.82, 2.24) is 5.32 Å². The van der Waals surface area contributed by atoms with Gasteiger partial charge in [0.2, 0.25) is 0 Å². The van der Waals surface area contributed by atoms with Gasteiger partial charge >= 0.3 is 5.97 Å². The molecule has 1 unspecified atom stereocenters. The number of rotatable bonds is 5. The molecule has 5 heteroatoms. The first kappa shape index (κ1) is 16.4. The molecule has 126 valence electrons. The average molecular weight is 319 g/mol. The van der Waals surface area contributed by atoms with Crippen LogP contribution < -0.4 is 5.32 Å².